The highest BCUT2D eigenvalue weighted by atomic mass is 16.6. The number of anilines is 1. The molecule has 0 radical (unpaired) electrons. The molecule has 8 heteroatoms. The molecule has 8 nitrogen and oxygen atoms in total. The maximum absolute atomic E-state index is 12.6. The quantitative estimate of drug-likeness (QED) is 0.304. The van der Waals surface area contributed by atoms with E-state index in [4.69, 9.17) is 4.74 Å². The van der Waals surface area contributed by atoms with Crippen LogP contribution in [-0.4, -0.2) is 51.5 Å². The minimum Gasteiger partial charge on any atom is -0.449 e. The van der Waals surface area contributed by atoms with Crippen molar-refractivity contribution in [1.82, 2.24) is 19.9 Å². The summed E-state index contributed by atoms with van der Waals surface area (Å²) in [6.07, 6.45) is 8.59. The Bertz CT molecular complexity index is 1410. The maximum Gasteiger partial charge on any atom is 0.409 e. The van der Waals surface area contributed by atoms with E-state index in [0.29, 0.717) is 31.1 Å². The number of carbonyl (C=O) groups is 2. The van der Waals surface area contributed by atoms with Gasteiger partial charge >= 0.3 is 6.09 Å². The molecule has 4 aromatic rings. The number of ether oxygens (including phenoxy) is 1. The van der Waals surface area contributed by atoms with Crippen LogP contribution >= 0.6 is 0 Å². The number of likely N-dealkylation sites (tertiary alicyclic amines) is 1. The van der Waals surface area contributed by atoms with Gasteiger partial charge in [0.15, 0.2) is 0 Å². The van der Waals surface area contributed by atoms with E-state index in [9.17, 15) is 9.59 Å². The molecule has 0 aliphatic carbocycles. The predicted octanol–water partition coefficient (Wildman–Crippen LogP) is 6.06. The molecule has 3 heterocycles. The Balaban J connectivity index is 1.37. The number of carbonyl (C=O) groups excluding carboxylic acids is 2. The number of pyridine rings is 1. The largest absolute Gasteiger partial charge is 0.449 e. The Morgan fingerprint density at radius 2 is 1.95 bits per heavy atom. The van der Waals surface area contributed by atoms with Gasteiger partial charge in [-0.05, 0) is 60.2 Å². The number of unbranched alkanes of at least 4 members (excludes halogenated alkanes) is 1. The van der Waals surface area contributed by atoms with E-state index < -0.39 is 0 Å². The van der Waals surface area contributed by atoms with Crippen LogP contribution in [-0.2, 0) is 4.74 Å². The van der Waals surface area contributed by atoms with Crippen LogP contribution in [0, 0.1) is 0 Å². The summed E-state index contributed by atoms with van der Waals surface area (Å²) < 4.78 is 5.46. The number of piperidine rings is 1. The molecule has 1 saturated heterocycles. The van der Waals surface area contributed by atoms with Gasteiger partial charge in [0.05, 0.1) is 12.1 Å². The summed E-state index contributed by atoms with van der Waals surface area (Å²) in [5, 5.41) is 3.75. The SMILES string of the molecule is CCCCOC(=O)N1CCCC(c2ccc(-c3ccc(C(=O)Nc4ccccn4)cc3)c3cncnc23)C1. The second-order valence-corrected chi connectivity index (χ2v) is 9.49. The Morgan fingerprint density at radius 1 is 1.08 bits per heavy atom. The van der Waals surface area contributed by atoms with Crippen molar-refractivity contribution in [3.05, 3.63) is 84.4 Å². The van der Waals surface area contributed by atoms with Gasteiger partial charge in [-0.2, -0.15) is 0 Å². The summed E-state index contributed by atoms with van der Waals surface area (Å²) in [5.74, 6) is 0.469. The number of fused-ring (bicyclic) bond motifs is 1. The number of hydrogen-bond acceptors (Lipinski definition) is 6. The van der Waals surface area contributed by atoms with E-state index in [1.807, 2.05) is 29.3 Å². The molecule has 194 valence electrons. The molecule has 0 bridgehead atoms. The summed E-state index contributed by atoms with van der Waals surface area (Å²) in [6.45, 7) is 3.87. The van der Waals surface area contributed by atoms with Crippen LogP contribution in [0.4, 0.5) is 10.6 Å². The Kier molecular flexibility index (Phi) is 7.87. The number of hydrogen-bond donors (Lipinski definition) is 1. The van der Waals surface area contributed by atoms with Crippen molar-refractivity contribution in [3.8, 4) is 11.1 Å². The number of benzene rings is 2. The lowest BCUT2D eigenvalue weighted by molar-refractivity contribution is 0.0904. The van der Waals surface area contributed by atoms with Gasteiger partial charge in [-0.1, -0.05) is 43.7 Å². The fraction of sp³-hybridized carbons (Fsp3) is 0.300. The molecule has 1 N–H and O–H groups in total. The molecule has 1 fully saturated rings. The standard InChI is InChI=1S/C30H31N5O3/c1-2-3-17-38-30(37)35-16-6-7-23(19-35)25-14-13-24(26-18-31-20-33-28(25)26)21-9-11-22(12-10-21)29(36)34-27-8-4-5-15-32-27/h4-5,8-15,18,20,23H,2-3,6-7,16-17,19H2,1H3,(H,32,34,36). The van der Waals surface area contributed by atoms with Crippen molar-refractivity contribution in [1.29, 1.82) is 0 Å². The summed E-state index contributed by atoms with van der Waals surface area (Å²) in [4.78, 5) is 40.1. The van der Waals surface area contributed by atoms with Crippen molar-refractivity contribution in [2.24, 2.45) is 0 Å². The highest BCUT2D eigenvalue weighted by Crippen LogP contribution is 2.36. The normalized spacial score (nSPS) is 15.3. The van der Waals surface area contributed by atoms with Crippen molar-refractivity contribution in [3.63, 3.8) is 0 Å². The Labute approximate surface area is 222 Å². The second kappa shape index (κ2) is 11.8. The van der Waals surface area contributed by atoms with E-state index in [2.05, 4.69) is 39.3 Å². The van der Waals surface area contributed by atoms with E-state index in [1.54, 1.807) is 36.8 Å². The molecule has 5 rings (SSSR count). The number of rotatable bonds is 7. The van der Waals surface area contributed by atoms with Crippen LogP contribution in [0.3, 0.4) is 0 Å². The fourth-order valence-corrected chi connectivity index (χ4v) is 4.90. The van der Waals surface area contributed by atoms with Gasteiger partial charge in [-0.15, -0.1) is 0 Å². The zero-order valence-corrected chi connectivity index (χ0v) is 21.5. The smallest absolute Gasteiger partial charge is 0.409 e. The molecular formula is C30H31N5O3. The number of amides is 2. The first-order chi connectivity index (χ1) is 18.6. The first kappa shape index (κ1) is 25.3. The zero-order chi connectivity index (χ0) is 26.3. The van der Waals surface area contributed by atoms with Gasteiger partial charge in [-0.25, -0.2) is 19.7 Å². The van der Waals surface area contributed by atoms with Crippen LogP contribution in [0.1, 0.15) is 54.4 Å². The van der Waals surface area contributed by atoms with E-state index in [-0.39, 0.29) is 17.9 Å². The summed E-state index contributed by atoms with van der Waals surface area (Å²) in [7, 11) is 0. The molecule has 1 aliphatic rings. The molecule has 2 aromatic heterocycles. The lowest BCUT2D eigenvalue weighted by Crippen LogP contribution is -2.39. The van der Waals surface area contributed by atoms with Crippen molar-refractivity contribution in [2.75, 3.05) is 25.0 Å². The Hall–Kier alpha value is -4.33. The van der Waals surface area contributed by atoms with Gasteiger partial charge in [-0.3, -0.25) is 4.79 Å². The lowest BCUT2D eigenvalue weighted by atomic mass is 9.87. The predicted molar refractivity (Wildman–Crippen MR) is 147 cm³/mol. The first-order valence-corrected chi connectivity index (χ1v) is 13.1. The van der Waals surface area contributed by atoms with E-state index in [1.165, 1.54) is 0 Å². The molecule has 1 aliphatic heterocycles. The summed E-state index contributed by atoms with van der Waals surface area (Å²) in [6, 6.07) is 17.1. The average Bonchev–Trinajstić information content (AvgIpc) is 2.97. The molecule has 2 amide bonds. The van der Waals surface area contributed by atoms with Crippen LogP contribution in [0.2, 0.25) is 0 Å². The van der Waals surface area contributed by atoms with Crippen molar-refractivity contribution < 1.29 is 14.3 Å². The van der Waals surface area contributed by atoms with E-state index in [0.717, 1.165) is 53.3 Å². The maximum atomic E-state index is 12.6. The topological polar surface area (TPSA) is 97.3 Å². The van der Waals surface area contributed by atoms with Crippen LogP contribution in [0.5, 0.6) is 0 Å². The molecule has 1 unspecified atom stereocenters. The number of nitrogens with one attached hydrogen (secondary N) is 1. The van der Waals surface area contributed by atoms with Gasteiger partial charge < -0.3 is 15.0 Å². The van der Waals surface area contributed by atoms with E-state index >= 15 is 0 Å². The molecule has 1 atom stereocenters. The minimum atomic E-state index is -0.231. The van der Waals surface area contributed by atoms with Crippen LogP contribution < -0.4 is 5.32 Å². The highest BCUT2D eigenvalue weighted by molar-refractivity contribution is 6.04. The Morgan fingerprint density at radius 3 is 2.74 bits per heavy atom. The zero-order valence-electron chi connectivity index (χ0n) is 21.5. The van der Waals surface area contributed by atoms with Crippen LogP contribution in [0.25, 0.3) is 22.0 Å². The fourth-order valence-electron chi connectivity index (χ4n) is 4.90. The second-order valence-electron chi connectivity index (χ2n) is 9.49. The molecule has 0 spiro atoms. The minimum absolute atomic E-state index is 0.173. The third-order valence-corrected chi connectivity index (χ3v) is 6.91. The number of aromatic nitrogens is 3. The number of nitrogens with zero attached hydrogens (tertiary/aromatic N) is 4. The van der Waals surface area contributed by atoms with Gasteiger partial charge in [0.25, 0.3) is 5.91 Å². The monoisotopic (exact) mass is 509 g/mol. The molecule has 38 heavy (non-hydrogen) atoms. The third-order valence-electron chi connectivity index (χ3n) is 6.91. The summed E-state index contributed by atoms with van der Waals surface area (Å²) in [5.41, 5.74) is 4.51. The first-order valence-electron chi connectivity index (χ1n) is 13.1. The van der Waals surface area contributed by atoms with Crippen molar-refractivity contribution >= 4 is 28.7 Å². The van der Waals surface area contributed by atoms with Crippen molar-refractivity contribution in [2.45, 2.75) is 38.5 Å². The lowest BCUT2D eigenvalue weighted by Gasteiger charge is -2.32. The summed E-state index contributed by atoms with van der Waals surface area (Å²) >= 11 is 0. The highest BCUT2D eigenvalue weighted by Gasteiger charge is 2.27. The molecule has 2 aromatic carbocycles. The average molecular weight is 510 g/mol. The van der Waals surface area contributed by atoms with Crippen LogP contribution in [0.15, 0.2) is 73.3 Å². The molecular weight excluding hydrogens is 478 g/mol. The third kappa shape index (κ3) is 5.64. The van der Waals surface area contributed by atoms with Gasteiger partial charge in [0.1, 0.15) is 12.1 Å². The van der Waals surface area contributed by atoms with Gasteiger partial charge in [0, 0.05) is 42.4 Å². The molecule has 0 saturated carbocycles. The van der Waals surface area contributed by atoms with Gasteiger partial charge in [0.2, 0.25) is 0 Å².